The first kappa shape index (κ1) is 20.2. The normalized spacial score (nSPS) is 11.6. The zero-order chi connectivity index (χ0) is 20.3. The second kappa shape index (κ2) is 8.19. The third-order valence-corrected chi connectivity index (χ3v) is 4.85. The smallest absolute Gasteiger partial charge is 0.348 e. The van der Waals surface area contributed by atoms with Crippen LogP contribution in [0.2, 0.25) is 5.02 Å². The van der Waals surface area contributed by atoms with E-state index in [1.54, 1.807) is 30.3 Å². The van der Waals surface area contributed by atoms with Crippen molar-refractivity contribution in [2.45, 2.75) is 11.3 Å². The average molecular weight is 429 g/mol. The van der Waals surface area contributed by atoms with Gasteiger partial charge in [-0.25, -0.2) is 0 Å². The predicted molar refractivity (Wildman–Crippen MR) is 97.5 cm³/mol. The standard InChI is InChI=1S/C17H12ClF3N4O2S/c18-12-6-11(17(19,20)21)8-25-15(12)23-24-16(25)28-9-14(27)22-7-13(26)10-4-2-1-3-5-10/h1-6,8H,7,9H2,(H,22,27). The van der Waals surface area contributed by atoms with Crippen molar-refractivity contribution in [3.05, 3.63) is 58.7 Å². The van der Waals surface area contributed by atoms with Crippen LogP contribution in [0.25, 0.3) is 5.65 Å². The molecule has 0 spiro atoms. The number of benzene rings is 1. The Labute approximate surface area is 166 Å². The molecule has 0 saturated carbocycles. The van der Waals surface area contributed by atoms with Crippen molar-refractivity contribution in [2.75, 3.05) is 12.3 Å². The molecule has 0 aliphatic carbocycles. The van der Waals surface area contributed by atoms with Crippen LogP contribution in [0.1, 0.15) is 15.9 Å². The Morgan fingerprint density at radius 1 is 1.18 bits per heavy atom. The number of ketones is 1. The van der Waals surface area contributed by atoms with Crippen LogP contribution < -0.4 is 5.32 Å². The van der Waals surface area contributed by atoms with E-state index in [1.807, 2.05) is 0 Å². The molecule has 0 atom stereocenters. The number of carbonyl (C=O) groups is 2. The number of nitrogens with zero attached hydrogens (tertiary/aromatic N) is 3. The molecule has 0 radical (unpaired) electrons. The lowest BCUT2D eigenvalue weighted by Crippen LogP contribution is -2.30. The number of halogens is 4. The van der Waals surface area contributed by atoms with Gasteiger partial charge in [0.2, 0.25) is 5.91 Å². The number of carbonyl (C=O) groups excluding carboxylic acids is 2. The minimum atomic E-state index is -4.58. The Hall–Kier alpha value is -2.59. The molecule has 28 heavy (non-hydrogen) atoms. The third kappa shape index (κ3) is 4.63. The van der Waals surface area contributed by atoms with Gasteiger partial charge < -0.3 is 5.32 Å². The van der Waals surface area contributed by atoms with Gasteiger partial charge in [-0.2, -0.15) is 13.2 Å². The van der Waals surface area contributed by atoms with Gasteiger partial charge in [0, 0.05) is 11.8 Å². The first-order valence-electron chi connectivity index (χ1n) is 7.85. The van der Waals surface area contributed by atoms with Gasteiger partial charge in [-0.05, 0) is 6.07 Å². The molecule has 2 aromatic heterocycles. The zero-order valence-electron chi connectivity index (χ0n) is 14.0. The molecule has 0 aliphatic heterocycles. The van der Waals surface area contributed by atoms with Crippen LogP contribution >= 0.6 is 23.4 Å². The molecular weight excluding hydrogens is 417 g/mol. The van der Waals surface area contributed by atoms with Gasteiger partial charge in [-0.1, -0.05) is 53.7 Å². The highest BCUT2D eigenvalue weighted by atomic mass is 35.5. The molecule has 0 aliphatic rings. The Balaban J connectivity index is 1.64. The number of alkyl halides is 3. The molecule has 2 heterocycles. The first-order valence-corrected chi connectivity index (χ1v) is 9.21. The molecule has 0 saturated heterocycles. The van der Waals surface area contributed by atoms with Crippen molar-refractivity contribution in [3.8, 4) is 0 Å². The fourth-order valence-corrected chi connectivity index (χ4v) is 3.26. The summed E-state index contributed by atoms with van der Waals surface area (Å²) in [4.78, 5) is 23.9. The topological polar surface area (TPSA) is 76.4 Å². The average Bonchev–Trinajstić information content (AvgIpc) is 3.08. The van der Waals surface area contributed by atoms with Gasteiger partial charge in [-0.15, -0.1) is 10.2 Å². The van der Waals surface area contributed by atoms with Gasteiger partial charge in [-0.3, -0.25) is 14.0 Å². The van der Waals surface area contributed by atoms with Crippen LogP contribution in [0.4, 0.5) is 13.2 Å². The number of thioether (sulfide) groups is 1. The summed E-state index contributed by atoms with van der Waals surface area (Å²) >= 11 is 6.72. The number of amides is 1. The Kier molecular flexibility index (Phi) is 5.90. The van der Waals surface area contributed by atoms with Gasteiger partial charge in [0.15, 0.2) is 16.6 Å². The summed E-state index contributed by atoms with van der Waals surface area (Å²) in [6, 6.07) is 9.22. The van der Waals surface area contributed by atoms with Gasteiger partial charge in [0.25, 0.3) is 0 Å². The summed E-state index contributed by atoms with van der Waals surface area (Å²) in [5.74, 6) is -0.880. The molecular formula is C17H12ClF3N4O2S. The lowest BCUT2D eigenvalue weighted by molar-refractivity contribution is -0.137. The van der Waals surface area contributed by atoms with Crippen LogP contribution in [0.3, 0.4) is 0 Å². The van der Waals surface area contributed by atoms with Crippen molar-refractivity contribution < 1.29 is 22.8 Å². The highest BCUT2D eigenvalue weighted by Gasteiger charge is 2.32. The molecule has 11 heteroatoms. The van der Waals surface area contributed by atoms with Crippen molar-refractivity contribution in [1.82, 2.24) is 19.9 Å². The first-order chi connectivity index (χ1) is 13.3. The highest BCUT2D eigenvalue weighted by Crippen LogP contribution is 2.33. The molecule has 3 aromatic rings. The van der Waals surface area contributed by atoms with E-state index in [-0.39, 0.29) is 33.9 Å². The second-order valence-electron chi connectivity index (χ2n) is 5.61. The molecule has 0 unspecified atom stereocenters. The number of hydrogen-bond donors (Lipinski definition) is 1. The van der Waals surface area contributed by atoms with E-state index in [0.29, 0.717) is 5.56 Å². The fourth-order valence-electron chi connectivity index (χ4n) is 2.27. The molecule has 1 N–H and O–H groups in total. The summed E-state index contributed by atoms with van der Waals surface area (Å²) in [7, 11) is 0. The minimum absolute atomic E-state index is 0.0526. The maximum atomic E-state index is 12.9. The zero-order valence-corrected chi connectivity index (χ0v) is 15.6. The number of aromatic nitrogens is 3. The fraction of sp³-hybridized carbons (Fsp3) is 0.176. The van der Waals surface area contributed by atoms with Crippen LogP contribution in [-0.2, 0) is 11.0 Å². The monoisotopic (exact) mass is 428 g/mol. The molecule has 146 valence electrons. The van der Waals surface area contributed by atoms with E-state index in [2.05, 4.69) is 15.5 Å². The van der Waals surface area contributed by atoms with Gasteiger partial charge in [0.1, 0.15) is 0 Å². The molecule has 1 aromatic carbocycles. The van der Waals surface area contributed by atoms with Crippen molar-refractivity contribution in [3.63, 3.8) is 0 Å². The summed E-state index contributed by atoms with van der Waals surface area (Å²) in [5, 5.41) is 9.85. The second-order valence-corrected chi connectivity index (χ2v) is 6.95. The molecule has 1 amide bonds. The lowest BCUT2D eigenvalue weighted by Gasteiger charge is -2.08. The number of hydrogen-bond acceptors (Lipinski definition) is 5. The quantitative estimate of drug-likeness (QED) is 0.480. The van der Waals surface area contributed by atoms with E-state index in [0.717, 1.165) is 28.4 Å². The highest BCUT2D eigenvalue weighted by molar-refractivity contribution is 7.99. The number of Topliss-reactive ketones (excluding diaryl/α,β-unsaturated/α-hetero) is 1. The Bertz CT molecular complexity index is 1020. The number of rotatable bonds is 6. The minimum Gasteiger partial charge on any atom is -0.348 e. The maximum absolute atomic E-state index is 12.9. The van der Waals surface area contributed by atoms with E-state index in [4.69, 9.17) is 11.6 Å². The Morgan fingerprint density at radius 2 is 1.89 bits per heavy atom. The Morgan fingerprint density at radius 3 is 2.57 bits per heavy atom. The molecule has 6 nitrogen and oxygen atoms in total. The number of fused-ring (bicyclic) bond motifs is 1. The van der Waals surface area contributed by atoms with E-state index >= 15 is 0 Å². The number of pyridine rings is 1. The largest absolute Gasteiger partial charge is 0.417 e. The van der Waals surface area contributed by atoms with Crippen LogP contribution in [-0.4, -0.2) is 38.6 Å². The number of nitrogens with one attached hydrogen (secondary N) is 1. The van der Waals surface area contributed by atoms with E-state index in [9.17, 15) is 22.8 Å². The summed E-state index contributed by atoms with van der Waals surface area (Å²) in [6.07, 6.45) is -3.76. The summed E-state index contributed by atoms with van der Waals surface area (Å²) < 4.78 is 39.9. The van der Waals surface area contributed by atoms with Crippen LogP contribution in [0.15, 0.2) is 47.8 Å². The summed E-state index contributed by atoms with van der Waals surface area (Å²) in [5.41, 5.74) is -0.436. The third-order valence-electron chi connectivity index (χ3n) is 3.63. The molecule has 0 bridgehead atoms. The molecule has 0 fully saturated rings. The lowest BCUT2D eigenvalue weighted by atomic mass is 10.1. The SMILES string of the molecule is O=C(CSc1nnc2c(Cl)cc(C(F)(F)F)cn12)NCC(=O)c1ccccc1. The van der Waals surface area contributed by atoms with Crippen LogP contribution in [0.5, 0.6) is 0 Å². The van der Waals surface area contributed by atoms with Crippen molar-refractivity contribution >= 4 is 40.7 Å². The van der Waals surface area contributed by atoms with Crippen molar-refractivity contribution in [1.29, 1.82) is 0 Å². The predicted octanol–water partition coefficient (Wildman–Crippen LogP) is 3.49. The molecule has 3 rings (SSSR count). The van der Waals surface area contributed by atoms with E-state index < -0.39 is 17.6 Å². The maximum Gasteiger partial charge on any atom is 0.417 e. The summed E-state index contributed by atoms with van der Waals surface area (Å²) in [6.45, 7) is -0.186. The van der Waals surface area contributed by atoms with E-state index in [1.165, 1.54) is 0 Å². The van der Waals surface area contributed by atoms with Gasteiger partial charge >= 0.3 is 6.18 Å². The van der Waals surface area contributed by atoms with Crippen LogP contribution in [0, 0.1) is 0 Å². The van der Waals surface area contributed by atoms with Gasteiger partial charge in [0.05, 0.1) is 22.9 Å². The van der Waals surface area contributed by atoms with Crippen molar-refractivity contribution in [2.24, 2.45) is 0 Å².